The highest BCUT2D eigenvalue weighted by Crippen LogP contribution is 2.21. The van der Waals surface area contributed by atoms with Gasteiger partial charge in [0.1, 0.15) is 19.8 Å². The third-order valence-corrected chi connectivity index (χ3v) is 6.66. The van der Waals surface area contributed by atoms with Crippen LogP contribution in [0.1, 0.15) is 143 Å². The molecule has 0 bridgehead atoms. The van der Waals surface area contributed by atoms with E-state index in [2.05, 4.69) is 20.8 Å². The number of rotatable bonds is 26. The summed E-state index contributed by atoms with van der Waals surface area (Å²) in [4.78, 5) is 36.8. The van der Waals surface area contributed by atoms with Crippen LogP contribution in [0.2, 0.25) is 0 Å². The van der Waals surface area contributed by atoms with Gasteiger partial charge in [-0.05, 0) is 19.3 Å². The molecule has 218 valence electrons. The molecule has 1 N–H and O–H groups in total. The van der Waals surface area contributed by atoms with Crippen LogP contribution < -0.4 is 0 Å². The fourth-order valence-electron chi connectivity index (χ4n) is 3.97. The summed E-state index contributed by atoms with van der Waals surface area (Å²) >= 11 is 0. The number of unbranched alkanes of at least 4 members (excludes halogenated alkanes) is 13. The molecule has 0 saturated heterocycles. The van der Waals surface area contributed by atoms with E-state index in [0.29, 0.717) is 19.3 Å². The lowest BCUT2D eigenvalue weighted by atomic mass is 9.92. The highest BCUT2D eigenvalue weighted by Gasteiger charge is 2.35. The summed E-state index contributed by atoms with van der Waals surface area (Å²) < 4.78 is 16.3. The van der Waals surface area contributed by atoms with Crippen LogP contribution in [0.4, 0.5) is 0 Å². The molecule has 1 atom stereocenters. The van der Waals surface area contributed by atoms with Crippen LogP contribution in [0.25, 0.3) is 0 Å². The van der Waals surface area contributed by atoms with Gasteiger partial charge in [-0.3, -0.25) is 14.4 Å². The van der Waals surface area contributed by atoms with E-state index in [9.17, 15) is 19.5 Å². The van der Waals surface area contributed by atoms with Crippen LogP contribution in [0.15, 0.2) is 0 Å². The standard InChI is InChI=1S/C30H56O7/c1-4-7-10-13-14-16-19-22-29(34)37-26-30(23-31,24-35-27(32)20-17-12-9-6-3)25-36-28(33)21-18-15-11-8-5-2/h31H,4-26H2,1-3H3. The summed E-state index contributed by atoms with van der Waals surface area (Å²) in [5.74, 6) is -1.06. The SMILES string of the molecule is CCCCCCCCCC(=O)OCC(CO)(COC(=O)CCCCCC)COC(=O)CCCCCCC. The highest BCUT2D eigenvalue weighted by atomic mass is 16.6. The van der Waals surface area contributed by atoms with Crippen molar-refractivity contribution in [2.75, 3.05) is 26.4 Å². The Morgan fingerprint density at radius 2 is 0.757 bits per heavy atom. The van der Waals surface area contributed by atoms with Gasteiger partial charge in [0, 0.05) is 19.3 Å². The molecule has 0 aliphatic carbocycles. The Bertz CT molecular complexity index is 578. The maximum atomic E-state index is 12.3. The largest absolute Gasteiger partial charge is 0.465 e. The molecule has 0 radical (unpaired) electrons. The molecular formula is C30H56O7. The fourth-order valence-corrected chi connectivity index (χ4v) is 3.97. The first-order chi connectivity index (χ1) is 17.9. The van der Waals surface area contributed by atoms with E-state index < -0.39 is 12.0 Å². The second kappa shape index (κ2) is 24.7. The quantitative estimate of drug-likeness (QED) is 0.0728. The van der Waals surface area contributed by atoms with E-state index in [4.69, 9.17) is 14.2 Å². The van der Waals surface area contributed by atoms with E-state index in [-0.39, 0.29) is 37.7 Å². The molecule has 0 aromatic rings. The molecule has 0 aromatic heterocycles. The minimum absolute atomic E-state index is 0.161. The average Bonchev–Trinajstić information content (AvgIpc) is 2.90. The predicted octanol–water partition coefficient (Wildman–Crippen LogP) is 7.07. The van der Waals surface area contributed by atoms with Gasteiger partial charge in [-0.25, -0.2) is 0 Å². The number of carbonyl (C=O) groups is 3. The molecule has 0 heterocycles. The van der Waals surface area contributed by atoms with Crippen molar-refractivity contribution in [2.45, 2.75) is 143 Å². The van der Waals surface area contributed by atoms with Gasteiger partial charge in [-0.1, -0.05) is 104 Å². The normalized spacial score (nSPS) is 12.6. The Morgan fingerprint density at radius 1 is 0.486 bits per heavy atom. The first-order valence-corrected chi connectivity index (χ1v) is 15.0. The minimum Gasteiger partial charge on any atom is -0.465 e. The van der Waals surface area contributed by atoms with Gasteiger partial charge < -0.3 is 19.3 Å². The van der Waals surface area contributed by atoms with Crippen molar-refractivity contribution in [2.24, 2.45) is 5.41 Å². The molecule has 7 heteroatoms. The second-order valence-electron chi connectivity index (χ2n) is 10.5. The molecule has 0 aliphatic rings. The van der Waals surface area contributed by atoms with Crippen LogP contribution in [0.3, 0.4) is 0 Å². The lowest BCUT2D eigenvalue weighted by Crippen LogP contribution is -2.42. The number of hydrogen-bond acceptors (Lipinski definition) is 7. The first-order valence-electron chi connectivity index (χ1n) is 15.0. The van der Waals surface area contributed by atoms with Gasteiger partial charge in [-0.2, -0.15) is 0 Å². The number of aliphatic hydroxyl groups excluding tert-OH is 1. The molecule has 0 rings (SSSR count). The topological polar surface area (TPSA) is 99.1 Å². The molecule has 0 saturated carbocycles. The molecule has 7 nitrogen and oxygen atoms in total. The smallest absolute Gasteiger partial charge is 0.305 e. The van der Waals surface area contributed by atoms with Crippen molar-refractivity contribution >= 4 is 17.9 Å². The van der Waals surface area contributed by atoms with Crippen LogP contribution in [0, 0.1) is 5.41 Å². The summed E-state index contributed by atoms with van der Waals surface area (Å²) in [5, 5.41) is 10.2. The van der Waals surface area contributed by atoms with E-state index in [1.54, 1.807) is 0 Å². The number of ether oxygens (including phenoxy) is 3. The molecule has 0 amide bonds. The zero-order chi connectivity index (χ0) is 27.6. The average molecular weight is 529 g/mol. The van der Waals surface area contributed by atoms with Crippen molar-refractivity contribution in [3.63, 3.8) is 0 Å². The summed E-state index contributed by atoms with van der Waals surface area (Å²) in [5.41, 5.74) is -1.16. The molecule has 1 unspecified atom stereocenters. The molecule has 0 aromatic carbocycles. The van der Waals surface area contributed by atoms with Gasteiger partial charge in [0.2, 0.25) is 0 Å². The number of aliphatic hydroxyl groups is 1. The Hall–Kier alpha value is -1.63. The predicted molar refractivity (Wildman–Crippen MR) is 147 cm³/mol. The summed E-state index contributed by atoms with van der Waals surface area (Å²) in [6, 6.07) is 0. The van der Waals surface area contributed by atoms with Gasteiger partial charge in [0.15, 0.2) is 0 Å². The Morgan fingerprint density at radius 3 is 1.05 bits per heavy atom. The van der Waals surface area contributed by atoms with E-state index in [1.165, 1.54) is 25.7 Å². The maximum Gasteiger partial charge on any atom is 0.305 e. The third-order valence-electron chi connectivity index (χ3n) is 6.66. The highest BCUT2D eigenvalue weighted by molar-refractivity contribution is 5.70. The van der Waals surface area contributed by atoms with E-state index in [1.807, 2.05) is 0 Å². The molecular weight excluding hydrogens is 472 g/mol. The van der Waals surface area contributed by atoms with Crippen molar-refractivity contribution in [1.29, 1.82) is 0 Å². The molecule has 0 spiro atoms. The minimum atomic E-state index is -1.16. The summed E-state index contributed by atoms with van der Waals surface area (Å²) in [6.07, 6.45) is 17.6. The molecule has 37 heavy (non-hydrogen) atoms. The van der Waals surface area contributed by atoms with Crippen LogP contribution in [-0.4, -0.2) is 49.4 Å². The summed E-state index contributed by atoms with van der Waals surface area (Å²) in [7, 11) is 0. The zero-order valence-electron chi connectivity index (χ0n) is 24.2. The van der Waals surface area contributed by atoms with Gasteiger partial charge >= 0.3 is 17.9 Å². The number of hydrogen-bond donors (Lipinski definition) is 1. The second-order valence-corrected chi connectivity index (χ2v) is 10.5. The molecule has 0 fully saturated rings. The maximum absolute atomic E-state index is 12.3. The van der Waals surface area contributed by atoms with Gasteiger partial charge in [0.25, 0.3) is 0 Å². The third kappa shape index (κ3) is 21.0. The van der Waals surface area contributed by atoms with Gasteiger partial charge in [0.05, 0.1) is 12.0 Å². The number of carbonyl (C=O) groups excluding carboxylic acids is 3. The van der Waals surface area contributed by atoms with Crippen LogP contribution in [-0.2, 0) is 28.6 Å². The van der Waals surface area contributed by atoms with Crippen molar-refractivity contribution < 1.29 is 33.7 Å². The van der Waals surface area contributed by atoms with E-state index >= 15 is 0 Å². The van der Waals surface area contributed by atoms with Gasteiger partial charge in [-0.15, -0.1) is 0 Å². The lowest BCUT2D eigenvalue weighted by Gasteiger charge is -2.30. The van der Waals surface area contributed by atoms with Crippen LogP contribution in [0.5, 0.6) is 0 Å². The molecule has 0 aliphatic heterocycles. The Kier molecular flexibility index (Phi) is 23.6. The van der Waals surface area contributed by atoms with E-state index in [0.717, 1.165) is 77.0 Å². The fraction of sp³-hybridized carbons (Fsp3) is 0.900. The van der Waals surface area contributed by atoms with Crippen molar-refractivity contribution in [1.82, 2.24) is 0 Å². The lowest BCUT2D eigenvalue weighted by molar-refractivity contribution is -0.165. The zero-order valence-corrected chi connectivity index (χ0v) is 24.2. The Labute approximate surface area is 226 Å². The first kappa shape index (κ1) is 35.4. The number of esters is 3. The van der Waals surface area contributed by atoms with Crippen molar-refractivity contribution in [3.8, 4) is 0 Å². The Balaban J connectivity index is 4.71. The van der Waals surface area contributed by atoms with Crippen molar-refractivity contribution in [3.05, 3.63) is 0 Å². The summed E-state index contributed by atoms with van der Waals surface area (Å²) in [6.45, 7) is 5.52. The van der Waals surface area contributed by atoms with Crippen LogP contribution >= 0.6 is 0 Å². The monoisotopic (exact) mass is 528 g/mol.